The molecule has 0 atom stereocenters. The molecule has 7 nitrogen and oxygen atoms in total. The number of nitrogens with one attached hydrogen (secondary N) is 1. The van der Waals surface area contributed by atoms with E-state index in [1.807, 2.05) is 0 Å². The van der Waals surface area contributed by atoms with Crippen LogP contribution in [-0.4, -0.2) is 34.2 Å². The summed E-state index contributed by atoms with van der Waals surface area (Å²) in [5.41, 5.74) is 0.684. The molecular weight excluding hydrogens is 433 g/mol. The monoisotopic (exact) mass is 452 g/mol. The molecule has 0 aliphatic carbocycles. The molecule has 160 valence electrons. The van der Waals surface area contributed by atoms with E-state index in [9.17, 15) is 26.4 Å². The van der Waals surface area contributed by atoms with Crippen LogP contribution in [0.25, 0.3) is 0 Å². The minimum Gasteiger partial charge on any atom is -0.493 e. The number of halogens is 3. The van der Waals surface area contributed by atoms with Gasteiger partial charge in [0, 0.05) is 11.3 Å². The summed E-state index contributed by atoms with van der Waals surface area (Å²) in [4.78, 5) is 12.6. The first kappa shape index (κ1) is 23.0. The zero-order valence-electron chi connectivity index (χ0n) is 15.3. The predicted molar refractivity (Wildman–Crippen MR) is 100 cm³/mol. The number of nitrogens with two attached hydrogens (primary N) is 1. The molecule has 2 rings (SSSR count). The highest BCUT2D eigenvalue weighted by Gasteiger charge is 2.29. The zero-order chi connectivity index (χ0) is 21.7. The Balaban J connectivity index is 1.87. The van der Waals surface area contributed by atoms with E-state index < -0.39 is 22.8 Å². The number of sulfonamides is 1. The second-order valence-electron chi connectivity index (χ2n) is 5.93. The van der Waals surface area contributed by atoms with Crippen LogP contribution in [0.15, 0.2) is 34.5 Å². The number of benzene rings is 1. The first-order valence-electron chi connectivity index (χ1n) is 8.22. The molecule has 12 heteroatoms. The average Bonchev–Trinajstić information content (AvgIpc) is 3.12. The Bertz CT molecular complexity index is 958. The van der Waals surface area contributed by atoms with Crippen LogP contribution in [0.4, 0.5) is 13.2 Å². The molecule has 1 aromatic heterocycles. The van der Waals surface area contributed by atoms with Crippen molar-refractivity contribution in [2.75, 3.05) is 13.7 Å². The molecule has 29 heavy (non-hydrogen) atoms. The second-order valence-corrected chi connectivity index (χ2v) is 8.89. The second kappa shape index (κ2) is 9.46. The fraction of sp³-hybridized carbons (Fsp3) is 0.353. The molecule has 0 fully saturated rings. The van der Waals surface area contributed by atoms with Gasteiger partial charge in [-0.1, -0.05) is 6.07 Å². The first-order chi connectivity index (χ1) is 13.5. The maximum Gasteiger partial charge on any atom is 0.422 e. The molecule has 0 saturated heterocycles. The lowest BCUT2D eigenvalue weighted by Gasteiger charge is -2.13. The molecule has 0 saturated carbocycles. The Morgan fingerprint density at radius 1 is 1.21 bits per heavy atom. The molecule has 1 heterocycles. The number of thiophene rings is 1. The summed E-state index contributed by atoms with van der Waals surface area (Å²) in [5.74, 6) is -0.172. The standard InChI is InChI=1S/C17H19F3N2O5S2/c1-26-14-8-11(2-5-13(14)27-10-17(18,19)20)3-6-15(23)22-9-12-4-7-16(28-12)29(21,24)25/h2,4-5,7-8H,3,6,9-10H2,1H3,(H,22,23)(H2,21,24,25). The maximum absolute atomic E-state index is 12.3. The highest BCUT2D eigenvalue weighted by atomic mass is 32.2. The van der Waals surface area contributed by atoms with Gasteiger partial charge < -0.3 is 14.8 Å². The van der Waals surface area contributed by atoms with Crippen LogP contribution in [-0.2, 0) is 27.8 Å². The summed E-state index contributed by atoms with van der Waals surface area (Å²) in [6.07, 6.45) is -4.01. The zero-order valence-corrected chi connectivity index (χ0v) is 16.9. The summed E-state index contributed by atoms with van der Waals surface area (Å²) in [7, 11) is -2.46. The third-order valence-corrected chi connectivity index (χ3v) is 6.16. The summed E-state index contributed by atoms with van der Waals surface area (Å²) >= 11 is 0.971. The molecule has 0 spiro atoms. The Morgan fingerprint density at radius 3 is 2.52 bits per heavy atom. The number of aryl methyl sites for hydroxylation is 1. The minimum atomic E-state index is -4.46. The molecule has 0 radical (unpaired) electrons. The molecule has 2 aromatic rings. The quantitative estimate of drug-likeness (QED) is 0.608. The van der Waals surface area contributed by atoms with Crippen LogP contribution in [0, 0.1) is 0 Å². The first-order valence-corrected chi connectivity index (χ1v) is 10.6. The van der Waals surface area contributed by atoms with Crippen molar-refractivity contribution in [3.8, 4) is 11.5 Å². The van der Waals surface area contributed by atoms with Crippen molar-refractivity contribution in [2.24, 2.45) is 5.14 Å². The van der Waals surface area contributed by atoms with Gasteiger partial charge in [0.25, 0.3) is 0 Å². The SMILES string of the molecule is COc1cc(CCC(=O)NCc2ccc(S(N)(=O)=O)s2)ccc1OCC(F)(F)F. The van der Waals surface area contributed by atoms with Crippen molar-refractivity contribution in [1.82, 2.24) is 5.32 Å². The van der Waals surface area contributed by atoms with Crippen LogP contribution < -0.4 is 19.9 Å². The maximum atomic E-state index is 12.3. The van der Waals surface area contributed by atoms with Crippen molar-refractivity contribution in [3.63, 3.8) is 0 Å². The largest absolute Gasteiger partial charge is 0.493 e. The van der Waals surface area contributed by atoms with Crippen molar-refractivity contribution < 1.29 is 35.9 Å². The van der Waals surface area contributed by atoms with Gasteiger partial charge in [0.05, 0.1) is 13.7 Å². The number of hydrogen-bond acceptors (Lipinski definition) is 6. The topological polar surface area (TPSA) is 108 Å². The Labute approximate surface area is 169 Å². The van der Waals surface area contributed by atoms with Crippen LogP contribution >= 0.6 is 11.3 Å². The number of amides is 1. The Hall–Kier alpha value is -2.31. The van der Waals surface area contributed by atoms with Gasteiger partial charge in [-0.25, -0.2) is 13.6 Å². The molecule has 0 unspecified atom stereocenters. The number of primary sulfonamides is 1. The highest BCUT2D eigenvalue weighted by Crippen LogP contribution is 2.30. The van der Waals surface area contributed by atoms with Crippen LogP contribution in [0.3, 0.4) is 0 Å². The van der Waals surface area contributed by atoms with E-state index in [0.717, 1.165) is 11.3 Å². The third kappa shape index (κ3) is 7.55. The van der Waals surface area contributed by atoms with Crippen molar-refractivity contribution in [1.29, 1.82) is 0 Å². The summed E-state index contributed by atoms with van der Waals surface area (Å²) < 4.78 is 69.1. The number of rotatable bonds is 9. The Kier molecular flexibility index (Phi) is 7.49. The minimum absolute atomic E-state index is 0.0154. The van der Waals surface area contributed by atoms with Crippen molar-refractivity contribution in [2.45, 2.75) is 29.8 Å². The molecular formula is C17H19F3N2O5S2. The van der Waals surface area contributed by atoms with E-state index in [-0.39, 0.29) is 34.6 Å². The van der Waals surface area contributed by atoms with E-state index in [1.54, 1.807) is 12.1 Å². The van der Waals surface area contributed by atoms with Crippen LogP contribution in [0.5, 0.6) is 11.5 Å². The van der Waals surface area contributed by atoms with E-state index in [2.05, 4.69) is 5.32 Å². The number of alkyl halides is 3. The van der Waals surface area contributed by atoms with E-state index >= 15 is 0 Å². The lowest BCUT2D eigenvalue weighted by molar-refractivity contribution is -0.153. The number of methoxy groups -OCH3 is 1. The van der Waals surface area contributed by atoms with Gasteiger partial charge in [0.1, 0.15) is 4.21 Å². The number of carbonyl (C=O) groups is 1. The lowest BCUT2D eigenvalue weighted by atomic mass is 10.1. The smallest absolute Gasteiger partial charge is 0.422 e. The normalized spacial score (nSPS) is 11.9. The van der Waals surface area contributed by atoms with E-state index in [4.69, 9.17) is 14.6 Å². The van der Waals surface area contributed by atoms with Gasteiger partial charge in [-0.05, 0) is 36.2 Å². The molecule has 1 aromatic carbocycles. The van der Waals surface area contributed by atoms with Crippen LogP contribution in [0.2, 0.25) is 0 Å². The summed E-state index contributed by atoms with van der Waals surface area (Å²) in [5, 5.41) is 7.70. The molecule has 1 amide bonds. The van der Waals surface area contributed by atoms with E-state index in [0.29, 0.717) is 16.9 Å². The number of carbonyl (C=O) groups excluding carboxylic acids is 1. The third-order valence-electron chi connectivity index (χ3n) is 3.64. The summed E-state index contributed by atoms with van der Waals surface area (Å²) in [6.45, 7) is -1.27. The molecule has 3 N–H and O–H groups in total. The molecule has 0 aliphatic heterocycles. The average molecular weight is 452 g/mol. The summed E-state index contributed by atoms with van der Waals surface area (Å²) in [6, 6.07) is 7.36. The number of hydrogen-bond donors (Lipinski definition) is 2. The lowest BCUT2D eigenvalue weighted by Crippen LogP contribution is -2.22. The Morgan fingerprint density at radius 2 is 1.93 bits per heavy atom. The fourth-order valence-electron chi connectivity index (χ4n) is 2.28. The van der Waals surface area contributed by atoms with Gasteiger partial charge >= 0.3 is 6.18 Å². The van der Waals surface area contributed by atoms with Crippen molar-refractivity contribution in [3.05, 3.63) is 40.8 Å². The highest BCUT2D eigenvalue weighted by molar-refractivity contribution is 7.91. The number of ether oxygens (including phenoxy) is 2. The molecule has 0 bridgehead atoms. The van der Waals surface area contributed by atoms with Crippen LogP contribution in [0.1, 0.15) is 16.9 Å². The van der Waals surface area contributed by atoms with Gasteiger partial charge in [0.15, 0.2) is 18.1 Å². The molecule has 0 aliphatic rings. The predicted octanol–water partition coefficient (Wildman–Crippen LogP) is 2.59. The van der Waals surface area contributed by atoms with Gasteiger partial charge in [-0.3, -0.25) is 4.79 Å². The van der Waals surface area contributed by atoms with Gasteiger partial charge in [-0.2, -0.15) is 13.2 Å². The van der Waals surface area contributed by atoms with Crippen molar-refractivity contribution >= 4 is 27.3 Å². The van der Waals surface area contributed by atoms with E-state index in [1.165, 1.54) is 25.3 Å². The van der Waals surface area contributed by atoms with Gasteiger partial charge in [0.2, 0.25) is 15.9 Å². The van der Waals surface area contributed by atoms with Gasteiger partial charge in [-0.15, -0.1) is 11.3 Å². The fourth-order valence-corrected chi connectivity index (χ4v) is 4.00.